The predicted octanol–water partition coefficient (Wildman–Crippen LogP) is 9.46. The Bertz CT molecular complexity index is 2540. The summed E-state index contributed by atoms with van der Waals surface area (Å²) in [5, 5.41) is 0. The zero-order chi connectivity index (χ0) is 36.6. The highest BCUT2D eigenvalue weighted by Crippen LogP contribution is 2.31. The molecule has 5 aromatic rings. The molecule has 8 bridgehead atoms. The van der Waals surface area contributed by atoms with Crippen molar-refractivity contribution in [1.29, 1.82) is 0 Å². The van der Waals surface area contributed by atoms with E-state index in [4.69, 9.17) is 22.8 Å². The van der Waals surface area contributed by atoms with E-state index in [0.29, 0.717) is 78.2 Å². The number of benzene rings is 2. The average molecular weight is 695 g/mol. The van der Waals surface area contributed by atoms with E-state index < -0.39 is 23.5 Å². The summed E-state index contributed by atoms with van der Waals surface area (Å²) in [5.41, 5.74) is 4.78. The van der Waals surface area contributed by atoms with E-state index in [9.17, 15) is 26.3 Å². The summed E-state index contributed by atoms with van der Waals surface area (Å²) >= 11 is 0. The lowest BCUT2D eigenvalue weighted by Crippen LogP contribution is -2.04. The fourth-order valence-electron chi connectivity index (χ4n) is 5.53. The summed E-state index contributed by atoms with van der Waals surface area (Å²) in [7, 11) is 0. The van der Waals surface area contributed by atoms with Gasteiger partial charge < -0.3 is 9.97 Å². The molecule has 0 aliphatic carbocycles. The molecule has 0 radical (unpaired) electrons. The molecule has 0 saturated heterocycles. The summed E-state index contributed by atoms with van der Waals surface area (Å²) in [4.78, 5) is 16.2. The first-order valence-corrected chi connectivity index (χ1v) is 15.4. The highest BCUT2D eigenvalue weighted by molar-refractivity contribution is 5.87. The van der Waals surface area contributed by atoms with Crippen LogP contribution in [-0.2, 0) is 12.4 Å². The average Bonchev–Trinajstić information content (AvgIpc) is 3.95. The number of alkyl halides is 6. The second-order valence-corrected chi connectivity index (χ2v) is 11.4. The molecule has 0 amide bonds. The summed E-state index contributed by atoms with van der Waals surface area (Å²) in [6.07, 6.45) is 9.91. The molecule has 5 heterocycles. The fraction of sp³-hybridized carbons (Fsp3) is 0.0476. The molecular formula is C42H20F6N4. The van der Waals surface area contributed by atoms with Crippen molar-refractivity contribution in [3.8, 4) is 48.4 Å². The topological polar surface area (TPSA) is 57.4 Å². The lowest BCUT2D eigenvalue weighted by atomic mass is 10.1. The Hall–Kier alpha value is -7.14. The third-order valence-electron chi connectivity index (χ3n) is 8.13. The van der Waals surface area contributed by atoms with Gasteiger partial charge in [0.15, 0.2) is 0 Å². The van der Waals surface area contributed by atoms with Gasteiger partial charge in [0.05, 0.1) is 78.2 Å². The minimum absolute atomic E-state index is 0.360. The van der Waals surface area contributed by atoms with Gasteiger partial charge in [-0.25, -0.2) is 9.97 Å². The van der Waals surface area contributed by atoms with E-state index in [1.165, 1.54) is 24.3 Å². The van der Waals surface area contributed by atoms with Gasteiger partial charge in [-0.05, 0) is 97.1 Å². The Morgan fingerprint density at radius 3 is 1.08 bits per heavy atom. The highest BCUT2D eigenvalue weighted by atomic mass is 19.4. The van der Waals surface area contributed by atoms with Gasteiger partial charge in [0.1, 0.15) is 0 Å². The van der Waals surface area contributed by atoms with Gasteiger partial charge in [0, 0.05) is 11.1 Å². The Balaban J connectivity index is 1.47. The molecule has 4 nitrogen and oxygen atoms in total. The highest BCUT2D eigenvalue weighted by Gasteiger charge is 2.30. The van der Waals surface area contributed by atoms with Crippen molar-refractivity contribution < 1.29 is 26.3 Å². The predicted molar refractivity (Wildman–Crippen MR) is 190 cm³/mol. The number of H-pyrrole nitrogens is 2. The molecule has 3 aromatic heterocycles. The van der Waals surface area contributed by atoms with Crippen molar-refractivity contribution in [3.05, 3.63) is 140 Å². The maximum atomic E-state index is 13.1. The molecule has 0 unspecified atom stereocenters. The Kier molecular flexibility index (Phi) is 8.31. The van der Waals surface area contributed by atoms with Crippen LogP contribution in [0.1, 0.15) is 67.3 Å². The SMILES string of the molecule is C#Cc1c2nc(c(C#Cc3ccc(C(F)(F)F)cc3)c3ccc([nH]3)c(C#C)c3ccc([nH]3)c(C#Cc3ccc(C(F)(F)F)cc3)c3nc1C=C3)C=C2. The van der Waals surface area contributed by atoms with Crippen LogP contribution in [0.4, 0.5) is 26.3 Å². The van der Waals surface area contributed by atoms with Crippen LogP contribution in [-0.4, -0.2) is 19.9 Å². The Morgan fingerprint density at radius 1 is 0.423 bits per heavy atom. The van der Waals surface area contributed by atoms with E-state index in [2.05, 4.69) is 45.5 Å². The van der Waals surface area contributed by atoms with E-state index in [1.54, 1.807) is 48.6 Å². The first-order valence-electron chi connectivity index (χ1n) is 15.4. The number of hydrogen-bond acceptors (Lipinski definition) is 2. The van der Waals surface area contributed by atoms with Gasteiger partial charge in [-0.2, -0.15) is 26.3 Å². The number of halogens is 6. The van der Waals surface area contributed by atoms with Crippen LogP contribution in [0.25, 0.3) is 46.4 Å². The van der Waals surface area contributed by atoms with Crippen LogP contribution < -0.4 is 0 Å². The summed E-state index contributed by atoms with van der Waals surface area (Å²) in [5.74, 6) is 17.4. The second-order valence-electron chi connectivity index (χ2n) is 11.4. The van der Waals surface area contributed by atoms with E-state index >= 15 is 0 Å². The van der Waals surface area contributed by atoms with Gasteiger partial charge in [0.25, 0.3) is 0 Å². The van der Waals surface area contributed by atoms with Gasteiger partial charge in [0.2, 0.25) is 0 Å². The molecule has 2 N–H and O–H groups in total. The molecule has 250 valence electrons. The smallest absolute Gasteiger partial charge is 0.353 e. The first-order chi connectivity index (χ1) is 24.9. The standard InChI is InChI=1S/C42H20F6N4/c1-3-29-33-17-21-37(49-33)31(15-9-25-5-11-27(12-6-25)41(43,44)45)39-23-19-35(51-39)30(4-2)36-20-24-40(52-36)32(38-22-18-34(29)50-38)16-10-26-7-13-28(14-8-26)42(46,47)48/h1-2,5-8,11-14,17-24,49-50H. The molecule has 0 fully saturated rings. The van der Waals surface area contributed by atoms with Crippen molar-refractivity contribution in [1.82, 2.24) is 19.9 Å². The summed E-state index contributed by atoms with van der Waals surface area (Å²) in [6.45, 7) is 0. The maximum Gasteiger partial charge on any atom is 0.416 e. The third-order valence-corrected chi connectivity index (χ3v) is 8.13. The van der Waals surface area contributed by atoms with Crippen LogP contribution >= 0.6 is 0 Å². The molecule has 0 atom stereocenters. The number of nitrogens with one attached hydrogen (secondary N) is 2. The molecule has 2 aliphatic heterocycles. The molecule has 7 rings (SSSR count). The number of terminal acetylenes is 2. The number of nitrogens with zero attached hydrogens (tertiary/aromatic N) is 2. The van der Waals surface area contributed by atoms with Crippen molar-refractivity contribution in [2.75, 3.05) is 0 Å². The molecule has 0 saturated carbocycles. The maximum absolute atomic E-state index is 13.1. The van der Waals surface area contributed by atoms with Crippen LogP contribution in [0.2, 0.25) is 0 Å². The number of fused-ring (bicyclic) bond motifs is 8. The van der Waals surface area contributed by atoms with Crippen LogP contribution in [0.3, 0.4) is 0 Å². The van der Waals surface area contributed by atoms with Crippen molar-refractivity contribution in [2.24, 2.45) is 0 Å². The van der Waals surface area contributed by atoms with Crippen LogP contribution in [0, 0.1) is 48.4 Å². The van der Waals surface area contributed by atoms with Gasteiger partial charge in [-0.1, -0.05) is 35.5 Å². The first kappa shape index (κ1) is 33.4. The second kappa shape index (κ2) is 13.0. The lowest BCUT2D eigenvalue weighted by molar-refractivity contribution is -0.138. The van der Waals surface area contributed by atoms with Crippen molar-refractivity contribution >= 4 is 46.4 Å². The minimum atomic E-state index is -4.48. The zero-order valence-electron chi connectivity index (χ0n) is 26.6. The number of hydrogen-bond donors (Lipinski definition) is 2. The number of rotatable bonds is 0. The van der Waals surface area contributed by atoms with Gasteiger partial charge in [-0.15, -0.1) is 12.8 Å². The summed E-state index contributed by atoms with van der Waals surface area (Å²) in [6, 6.07) is 16.1. The van der Waals surface area contributed by atoms with Crippen LogP contribution in [0.5, 0.6) is 0 Å². The van der Waals surface area contributed by atoms with E-state index in [1.807, 2.05) is 0 Å². The monoisotopic (exact) mass is 694 g/mol. The lowest BCUT2D eigenvalue weighted by Gasteiger charge is -2.05. The van der Waals surface area contributed by atoms with Crippen molar-refractivity contribution in [3.63, 3.8) is 0 Å². The van der Waals surface area contributed by atoms with Gasteiger partial charge in [-0.3, -0.25) is 0 Å². The van der Waals surface area contributed by atoms with E-state index in [-0.39, 0.29) is 0 Å². The Labute approximate surface area is 293 Å². The quantitative estimate of drug-likeness (QED) is 0.123. The Morgan fingerprint density at radius 2 is 0.750 bits per heavy atom. The minimum Gasteiger partial charge on any atom is -0.353 e. The van der Waals surface area contributed by atoms with E-state index in [0.717, 1.165) is 24.3 Å². The van der Waals surface area contributed by atoms with Crippen molar-refractivity contribution in [2.45, 2.75) is 12.4 Å². The number of aromatic amines is 2. The largest absolute Gasteiger partial charge is 0.416 e. The molecule has 0 spiro atoms. The summed E-state index contributed by atoms with van der Waals surface area (Å²) < 4.78 is 78.8. The fourth-order valence-corrected chi connectivity index (χ4v) is 5.53. The third kappa shape index (κ3) is 6.58. The molecule has 2 aliphatic rings. The normalized spacial score (nSPS) is 11.9. The molecular weight excluding hydrogens is 674 g/mol. The van der Waals surface area contributed by atoms with Crippen LogP contribution in [0.15, 0.2) is 72.8 Å². The number of aromatic nitrogens is 4. The van der Waals surface area contributed by atoms with Gasteiger partial charge >= 0.3 is 12.4 Å². The zero-order valence-corrected chi connectivity index (χ0v) is 26.6. The molecule has 10 heteroatoms. The molecule has 52 heavy (non-hydrogen) atoms. The molecule has 2 aromatic carbocycles.